The molecule has 0 aromatic heterocycles. The molecule has 0 aliphatic rings. The van der Waals surface area contributed by atoms with Gasteiger partial charge in [0.1, 0.15) is 0 Å². The fraction of sp³-hybridized carbons (Fsp3) is 0.600. The number of allylic oxidation sites excluding steroid dienone is 2. The largest absolute Gasteiger partial charge is 0.0608 e. The van der Waals surface area contributed by atoms with Gasteiger partial charge in [-0.25, -0.2) is 0 Å². The summed E-state index contributed by atoms with van der Waals surface area (Å²) in [6.45, 7) is 4.13. The molecule has 0 atom stereocenters. The first-order chi connectivity index (χ1) is 3.18. The van der Waals surface area contributed by atoms with Crippen LogP contribution in [0, 0.1) is 0 Å². The molecule has 0 N–H and O–H groups in total. The Balaban J connectivity index is 3.72. The molecule has 0 radical (unpaired) electrons. The molecule has 0 aromatic rings. The lowest BCUT2D eigenvalue weighted by Gasteiger charge is -1.90. The topological polar surface area (TPSA) is 0 Å². The third-order valence-electron chi connectivity index (χ3n) is 0.684. The predicted octanol–water partition coefficient (Wildman–Crippen LogP) is 3.42. The van der Waals surface area contributed by atoms with E-state index in [4.69, 9.17) is 0 Å². The Morgan fingerprint density at radius 1 is 1.43 bits per heavy atom. The number of rotatable bonds is 1. The monoisotopic (exact) mass is 226 g/mol. The molecular weight excluding hydrogens is 220 g/mol. The molecule has 0 nitrogen and oxygen atoms in total. The van der Waals surface area contributed by atoms with Crippen molar-refractivity contribution in [1.29, 1.82) is 0 Å². The summed E-state index contributed by atoms with van der Waals surface area (Å²) in [6.07, 6.45) is 1.07. The standard InChI is InChI=1S/C5H8Br2/c1-3-5(7)4(2)6/h3H2,1-2H3. The molecule has 42 valence electrons. The molecule has 0 spiro atoms. The van der Waals surface area contributed by atoms with E-state index in [2.05, 4.69) is 38.8 Å². The SMILES string of the molecule is CCC(Br)=C(C)Br. The molecule has 0 fully saturated rings. The van der Waals surface area contributed by atoms with Gasteiger partial charge in [-0.2, -0.15) is 0 Å². The molecule has 0 saturated heterocycles. The summed E-state index contributed by atoms with van der Waals surface area (Å²) in [6, 6.07) is 0. The molecule has 0 rings (SSSR count). The van der Waals surface area contributed by atoms with E-state index >= 15 is 0 Å². The zero-order valence-corrected chi connectivity index (χ0v) is 7.64. The fourth-order valence-corrected chi connectivity index (χ4v) is 0.524. The van der Waals surface area contributed by atoms with Crippen LogP contribution in [0.15, 0.2) is 8.96 Å². The van der Waals surface area contributed by atoms with Crippen molar-refractivity contribution in [3.63, 3.8) is 0 Å². The Kier molecular flexibility index (Phi) is 4.04. The van der Waals surface area contributed by atoms with Crippen molar-refractivity contribution in [2.45, 2.75) is 20.3 Å². The molecule has 7 heavy (non-hydrogen) atoms. The van der Waals surface area contributed by atoms with Gasteiger partial charge in [-0.15, -0.1) is 0 Å². The summed E-state index contributed by atoms with van der Waals surface area (Å²) in [5, 5.41) is 0. The van der Waals surface area contributed by atoms with E-state index in [-0.39, 0.29) is 0 Å². The van der Waals surface area contributed by atoms with Crippen molar-refractivity contribution in [1.82, 2.24) is 0 Å². The highest BCUT2D eigenvalue weighted by atomic mass is 79.9. The summed E-state index contributed by atoms with van der Waals surface area (Å²) in [7, 11) is 0. The van der Waals surface area contributed by atoms with E-state index in [1.165, 1.54) is 8.96 Å². The zero-order valence-electron chi connectivity index (χ0n) is 4.46. The second-order valence-corrected chi connectivity index (χ2v) is 3.44. The molecule has 0 heterocycles. The molecule has 0 aliphatic carbocycles. The first-order valence-corrected chi connectivity index (χ1v) is 3.77. The molecule has 0 saturated carbocycles. The van der Waals surface area contributed by atoms with Crippen molar-refractivity contribution in [2.24, 2.45) is 0 Å². The van der Waals surface area contributed by atoms with Crippen molar-refractivity contribution < 1.29 is 0 Å². The lowest BCUT2D eigenvalue weighted by atomic mass is 10.4. The Hall–Kier alpha value is 0.700. The highest BCUT2D eigenvalue weighted by molar-refractivity contribution is 9.14. The minimum atomic E-state index is 1.07. The van der Waals surface area contributed by atoms with Gasteiger partial charge in [-0.05, 0) is 13.3 Å². The quantitative estimate of drug-likeness (QED) is 0.644. The molecule has 0 aromatic carbocycles. The Labute approximate surface area is 61.2 Å². The van der Waals surface area contributed by atoms with Gasteiger partial charge in [0, 0.05) is 8.96 Å². The van der Waals surface area contributed by atoms with Crippen LogP contribution in [0.3, 0.4) is 0 Å². The fourth-order valence-electron chi connectivity index (χ4n) is 0.244. The van der Waals surface area contributed by atoms with Crippen LogP contribution >= 0.6 is 31.9 Å². The van der Waals surface area contributed by atoms with Gasteiger partial charge in [0.05, 0.1) is 0 Å². The van der Waals surface area contributed by atoms with Crippen LogP contribution in [0.5, 0.6) is 0 Å². The van der Waals surface area contributed by atoms with Crippen molar-refractivity contribution >= 4 is 31.9 Å². The Bertz CT molecular complexity index is 80.1. The van der Waals surface area contributed by atoms with E-state index in [1.54, 1.807) is 0 Å². The minimum Gasteiger partial charge on any atom is -0.0608 e. The van der Waals surface area contributed by atoms with Crippen LogP contribution in [-0.4, -0.2) is 0 Å². The molecule has 0 aliphatic heterocycles. The van der Waals surface area contributed by atoms with Crippen molar-refractivity contribution in [2.75, 3.05) is 0 Å². The van der Waals surface area contributed by atoms with Crippen LogP contribution in [0.25, 0.3) is 0 Å². The maximum Gasteiger partial charge on any atom is 0.00462 e. The summed E-state index contributed by atoms with van der Waals surface area (Å²) < 4.78 is 2.43. The Morgan fingerprint density at radius 2 is 1.86 bits per heavy atom. The molecule has 0 amide bonds. The van der Waals surface area contributed by atoms with Crippen LogP contribution < -0.4 is 0 Å². The summed E-state index contributed by atoms with van der Waals surface area (Å²) in [5.74, 6) is 0. The van der Waals surface area contributed by atoms with Gasteiger partial charge in [0.25, 0.3) is 0 Å². The number of hydrogen-bond acceptors (Lipinski definition) is 0. The highest BCUT2D eigenvalue weighted by Gasteiger charge is 1.87. The van der Waals surface area contributed by atoms with Crippen LogP contribution in [0.1, 0.15) is 20.3 Å². The van der Waals surface area contributed by atoms with E-state index in [0.29, 0.717) is 0 Å². The first-order valence-electron chi connectivity index (χ1n) is 2.19. The predicted molar refractivity (Wildman–Crippen MR) is 40.8 cm³/mol. The number of halogens is 2. The molecule has 0 unspecified atom stereocenters. The normalized spacial score (nSPS) is 13.7. The van der Waals surface area contributed by atoms with Gasteiger partial charge in [-0.3, -0.25) is 0 Å². The highest BCUT2D eigenvalue weighted by Crippen LogP contribution is 2.19. The van der Waals surface area contributed by atoms with Gasteiger partial charge in [0.2, 0.25) is 0 Å². The minimum absolute atomic E-state index is 1.07. The van der Waals surface area contributed by atoms with E-state index in [0.717, 1.165) is 6.42 Å². The Morgan fingerprint density at radius 3 is 1.86 bits per heavy atom. The average molecular weight is 228 g/mol. The van der Waals surface area contributed by atoms with Gasteiger partial charge in [0.15, 0.2) is 0 Å². The van der Waals surface area contributed by atoms with Crippen molar-refractivity contribution in [3.05, 3.63) is 8.96 Å². The molecular formula is C5H8Br2. The van der Waals surface area contributed by atoms with Gasteiger partial charge in [-0.1, -0.05) is 38.8 Å². The molecule has 2 heteroatoms. The van der Waals surface area contributed by atoms with E-state index < -0.39 is 0 Å². The van der Waals surface area contributed by atoms with Gasteiger partial charge >= 0.3 is 0 Å². The zero-order chi connectivity index (χ0) is 5.86. The summed E-state index contributed by atoms with van der Waals surface area (Å²) >= 11 is 6.71. The second kappa shape index (κ2) is 3.67. The maximum absolute atomic E-state index is 3.37. The van der Waals surface area contributed by atoms with E-state index in [1.807, 2.05) is 6.92 Å². The van der Waals surface area contributed by atoms with E-state index in [9.17, 15) is 0 Å². The summed E-state index contributed by atoms with van der Waals surface area (Å²) in [4.78, 5) is 0. The summed E-state index contributed by atoms with van der Waals surface area (Å²) in [5.41, 5.74) is 0. The smallest absolute Gasteiger partial charge is 0.00462 e. The number of hydrogen-bond donors (Lipinski definition) is 0. The third kappa shape index (κ3) is 3.30. The maximum atomic E-state index is 3.37. The third-order valence-corrected chi connectivity index (χ3v) is 2.85. The van der Waals surface area contributed by atoms with Gasteiger partial charge < -0.3 is 0 Å². The van der Waals surface area contributed by atoms with Crippen LogP contribution in [0.4, 0.5) is 0 Å². The van der Waals surface area contributed by atoms with Crippen LogP contribution in [0.2, 0.25) is 0 Å². The average Bonchev–Trinajstić information content (AvgIpc) is 1.65. The molecule has 0 bridgehead atoms. The van der Waals surface area contributed by atoms with Crippen molar-refractivity contribution in [3.8, 4) is 0 Å². The first kappa shape index (κ1) is 7.70. The lowest BCUT2D eigenvalue weighted by molar-refractivity contribution is 1.20. The lowest BCUT2D eigenvalue weighted by Crippen LogP contribution is -1.65. The van der Waals surface area contributed by atoms with Crippen LogP contribution in [-0.2, 0) is 0 Å². The second-order valence-electron chi connectivity index (χ2n) is 1.29.